The number of alkyl halides is 1. The van der Waals surface area contributed by atoms with Crippen LogP contribution in [0.15, 0.2) is 28.9 Å². The van der Waals surface area contributed by atoms with Crippen LogP contribution in [0.2, 0.25) is 0 Å². The maximum absolute atomic E-state index is 5.80. The van der Waals surface area contributed by atoms with Crippen LogP contribution >= 0.6 is 11.6 Å². The van der Waals surface area contributed by atoms with Crippen LogP contribution in [0, 0.1) is 5.92 Å². The second-order valence-electron chi connectivity index (χ2n) is 3.55. The van der Waals surface area contributed by atoms with E-state index in [0.717, 1.165) is 11.5 Å². The average Bonchev–Trinajstić information content (AvgIpc) is 2.44. The first-order valence-electron chi connectivity index (χ1n) is 4.49. The molecule has 0 amide bonds. The van der Waals surface area contributed by atoms with Crippen molar-refractivity contribution >= 4 is 17.4 Å². The zero-order chi connectivity index (χ0) is 9.42. The van der Waals surface area contributed by atoms with E-state index in [-0.39, 0.29) is 0 Å². The van der Waals surface area contributed by atoms with E-state index in [1.54, 1.807) is 0 Å². The second kappa shape index (κ2) is 3.18. The summed E-state index contributed by atoms with van der Waals surface area (Å²) in [6.07, 6.45) is 6.35. The first-order valence-corrected chi connectivity index (χ1v) is 5.02. The van der Waals surface area contributed by atoms with Gasteiger partial charge in [0.2, 0.25) is 0 Å². The molecule has 0 aromatic carbocycles. The predicted octanol–water partition coefficient (Wildman–Crippen LogP) is 2.03. The average molecular weight is 197 g/mol. The van der Waals surface area contributed by atoms with E-state index in [0.29, 0.717) is 17.8 Å². The fourth-order valence-electron chi connectivity index (χ4n) is 1.97. The zero-order valence-electron chi connectivity index (χ0n) is 7.87. The molecule has 1 aliphatic heterocycles. The van der Waals surface area contributed by atoms with Crippen molar-refractivity contribution in [3.63, 3.8) is 0 Å². The molecule has 3 heteroatoms. The summed E-state index contributed by atoms with van der Waals surface area (Å²) in [5.74, 6) is 2.00. The van der Waals surface area contributed by atoms with Gasteiger partial charge < -0.3 is 4.90 Å². The normalized spacial score (nSPS) is 31.5. The van der Waals surface area contributed by atoms with E-state index in [1.807, 2.05) is 0 Å². The lowest BCUT2D eigenvalue weighted by Gasteiger charge is -2.28. The van der Waals surface area contributed by atoms with Gasteiger partial charge in [-0.05, 0) is 6.08 Å². The quantitative estimate of drug-likeness (QED) is 0.586. The Balaban J connectivity index is 2.32. The van der Waals surface area contributed by atoms with Crippen LogP contribution in [0.25, 0.3) is 0 Å². The lowest BCUT2D eigenvalue weighted by molar-refractivity contribution is 0.364. The van der Waals surface area contributed by atoms with E-state index >= 15 is 0 Å². The molecule has 0 aromatic heterocycles. The smallest absolute Gasteiger partial charge is 0.120 e. The summed E-state index contributed by atoms with van der Waals surface area (Å²) in [5, 5.41) is 0. The summed E-state index contributed by atoms with van der Waals surface area (Å²) >= 11 is 5.80. The molecular formula is C10H13ClN2. The minimum atomic E-state index is 0.402. The van der Waals surface area contributed by atoms with E-state index in [9.17, 15) is 0 Å². The van der Waals surface area contributed by atoms with Crippen molar-refractivity contribution in [1.29, 1.82) is 0 Å². The number of nitrogens with zero attached hydrogens (tertiary/aromatic N) is 2. The first kappa shape index (κ1) is 8.82. The van der Waals surface area contributed by atoms with E-state index in [2.05, 4.69) is 42.1 Å². The molecule has 1 aliphatic carbocycles. The highest BCUT2D eigenvalue weighted by atomic mass is 35.5. The molecule has 2 unspecified atom stereocenters. The van der Waals surface area contributed by atoms with Gasteiger partial charge in [-0.2, -0.15) is 0 Å². The van der Waals surface area contributed by atoms with Crippen LogP contribution in [0.1, 0.15) is 6.92 Å². The van der Waals surface area contributed by atoms with Gasteiger partial charge in [0, 0.05) is 13.0 Å². The molecule has 0 spiro atoms. The Kier molecular flexibility index (Phi) is 2.16. The fourth-order valence-corrected chi connectivity index (χ4v) is 2.22. The number of hydrogen-bond donors (Lipinski definition) is 0. The Morgan fingerprint density at radius 1 is 1.62 bits per heavy atom. The van der Waals surface area contributed by atoms with Gasteiger partial charge >= 0.3 is 0 Å². The first-order chi connectivity index (χ1) is 6.24. The third-order valence-corrected chi connectivity index (χ3v) is 2.92. The molecule has 0 radical (unpaired) electrons. The summed E-state index contributed by atoms with van der Waals surface area (Å²) in [6, 6.07) is 0.402. The molecule has 0 bridgehead atoms. The fraction of sp³-hybridized carbons (Fsp3) is 0.500. The maximum atomic E-state index is 5.80. The number of hydrogen-bond acceptors (Lipinski definition) is 2. The minimum Gasteiger partial charge on any atom is -0.353 e. The molecule has 1 heterocycles. The summed E-state index contributed by atoms with van der Waals surface area (Å²) in [6.45, 7) is 2.21. The van der Waals surface area contributed by atoms with E-state index in [1.165, 1.54) is 0 Å². The van der Waals surface area contributed by atoms with Crippen LogP contribution in [0.5, 0.6) is 0 Å². The van der Waals surface area contributed by atoms with Gasteiger partial charge in [-0.3, -0.25) is 0 Å². The number of halogens is 1. The molecule has 0 fully saturated rings. The molecule has 2 atom stereocenters. The van der Waals surface area contributed by atoms with Gasteiger partial charge in [0.1, 0.15) is 5.84 Å². The van der Waals surface area contributed by atoms with E-state index < -0.39 is 0 Å². The Labute approximate surface area is 83.6 Å². The maximum Gasteiger partial charge on any atom is 0.120 e. The summed E-state index contributed by atoms with van der Waals surface area (Å²) in [4.78, 5) is 6.65. The highest BCUT2D eigenvalue weighted by Crippen LogP contribution is 2.29. The summed E-state index contributed by atoms with van der Waals surface area (Å²) < 4.78 is 0. The molecule has 0 N–H and O–H groups in total. The highest BCUT2D eigenvalue weighted by molar-refractivity contribution is 6.28. The van der Waals surface area contributed by atoms with Crippen LogP contribution in [0.3, 0.4) is 0 Å². The lowest BCUT2D eigenvalue weighted by atomic mass is 9.94. The molecular weight excluding hydrogens is 184 g/mol. The minimum absolute atomic E-state index is 0.402. The van der Waals surface area contributed by atoms with Gasteiger partial charge in [0.05, 0.1) is 17.6 Å². The Morgan fingerprint density at radius 3 is 3.00 bits per heavy atom. The van der Waals surface area contributed by atoms with Crippen LogP contribution in [-0.2, 0) is 0 Å². The van der Waals surface area contributed by atoms with Crippen molar-refractivity contribution in [2.45, 2.75) is 13.0 Å². The molecule has 0 aromatic rings. The standard InChI is InChI=1S/C10H13ClN2/c1-7-4-3-5-8-10(7)13(2)9(6-11)12-8/h3-5,7,10H,6H2,1-2H3. The number of amidine groups is 1. The number of aliphatic imine (C=N–C) groups is 1. The van der Waals surface area contributed by atoms with Crippen molar-refractivity contribution in [1.82, 2.24) is 4.90 Å². The van der Waals surface area contributed by atoms with Crippen molar-refractivity contribution < 1.29 is 0 Å². The molecule has 70 valence electrons. The van der Waals surface area contributed by atoms with E-state index in [4.69, 9.17) is 11.6 Å². The number of rotatable bonds is 1. The Bertz CT molecular complexity index is 304. The third-order valence-electron chi connectivity index (χ3n) is 2.68. The Morgan fingerprint density at radius 2 is 2.38 bits per heavy atom. The molecule has 2 rings (SSSR count). The van der Waals surface area contributed by atoms with Gasteiger partial charge in [0.25, 0.3) is 0 Å². The SMILES string of the molecule is CC1C=CC=C2N=C(CCl)N(C)C21. The summed E-state index contributed by atoms with van der Waals surface area (Å²) in [7, 11) is 2.06. The van der Waals surface area contributed by atoms with Crippen LogP contribution < -0.4 is 0 Å². The molecule has 0 saturated carbocycles. The van der Waals surface area contributed by atoms with Gasteiger partial charge in [-0.1, -0.05) is 19.1 Å². The molecule has 2 nitrogen and oxygen atoms in total. The Hall–Kier alpha value is -0.760. The van der Waals surface area contributed by atoms with Crippen LogP contribution in [0.4, 0.5) is 0 Å². The zero-order valence-corrected chi connectivity index (χ0v) is 8.62. The number of likely N-dealkylation sites (N-methyl/N-ethyl adjacent to an activating group) is 1. The lowest BCUT2D eigenvalue weighted by Crippen LogP contribution is -2.37. The van der Waals surface area contributed by atoms with Crippen LogP contribution in [-0.4, -0.2) is 29.7 Å². The van der Waals surface area contributed by atoms with Crippen molar-refractivity contribution in [3.05, 3.63) is 23.9 Å². The van der Waals surface area contributed by atoms with Gasteiger partial charge in [0.15, 0.2) is 0 Å². The molecule has 13 heavy (non-hydrogen) atoms. The largest absolute Gasteiger partial charge is 0.353 e. The van der Waals surface area contributed by atoms with Crippen molar-refractivity contribution in [3.8, 4) is 0 Å². The molecule has 2 aliphatic rings. The van der Waals surface area contributed by atoms with Crippen molar-refractivity contribution in [2.24, 2.45) is 10.9 Å². The van der Waals surface area contributed by atoms with Gasteiger partial charge in [-0.15, -0.1) is 11.6 Å². The number of allylic oxidation sites excluding steroid dienone is 2. The predicted molar refractivity (Wildman–Crippen MR) is 56.1 cm³/mol. The second-order valence-corrected chi connectivity index (χ2v) is 3.82. The summed E-state index contributed by atoms with van der Waals surface area (Å²) in [5.41, 5.74) is 1.15. The molecule has 0 saturated heterocycles. The third kappa shape index (κ3) is 1.29. The highest BCUT2D eigenvalue weighted by Gasteiger charge is 2.32. The van der Waals surface area contributed by atoms with Gasteiger partial charge in [-0.25, -0.2) is 4.99 Å². The number of fused-ring (bicyclic) bond motifs is 1. The monoisotopic (exact) mass is 196 g/mol. The van der Waals surface area contributed by atoms with Crippen molar-refractivity contribution in [2.75, 3.05) is 12.9 Å². The topological polar surface area (TPSA) is 15.6 Å².